The summed E-state index contributed by atoms with van der Waals surface area (Å²) in [4.78, 5) is 22.1. The number of pyridine rings is 1. The molecule has 38 heavy (non-hydrogen) atoms. The van der Waals surface area contributed by atoms with Gasteiger partial charge in [-0.25, -0.2) is 9.78 Å². The molecule has 0 bridgehead atoms. The molecule has 2 heterocycles. The summed E-state index contributed by atoms with van der Waals surface area (Å²) in [5, 5.41) is 1.32. The van der Waals surface area contributed by atoms with E-state index in [0.29, 0.717) is 36.0 Å². The number of benzene rings is 3. The van der Waals surface area contributed by atoms with Crippen LogP contribution in [0.5, 0.6) is 11.5 Å². The van der Waals surface area contributed by atoms with Crippen molar-refractivity contribution in [1.29, 1.82) is 0 Å². The van der Waals surface area contributed by atoms with E-state index in [1.54, 1.807) is 31.4 Å². The molecule has 1 fully saturated rings. The van der Waals surface area contributed by atoms with Gasteiger partial charge >= 0.3 is 5.97 Å². The molecule has 0 atom stereocenters. The summed E-state index contributed by atoms with van der Waals surface area (Å²) < 4.78 is 16.9. The Bertz CT molecular complexity index is 1370. The first-order chi connectivity index (χ1) is 18.6. The molecule has 0 N–H and O–H groups in total. The zero-order chi connectivity index (χ0) is 26.3. The van der Waals surface area contributed by atoms with Crippen LogP contribution >= 0.6 is 11.6 Å². The van der Waals surface area contributed by atoms with Gasteiger partial charge in [-0.3, -0.25) is 4.90 Å². The molecule has 4 aromatic rings. The van der Waals surface area contributed by atoms with Crippen molar-refractivity contribution in [2.45, 2.75) is 6.61 Å². The lowest BCUT2D eigenvalue weighted by Crippen LogP contribution is -2.47. The molecule has 8 heteroatoms. The molecule has 0 aliphatic carbocycles. The number of halogens is 1. The van der Waals surface area contributed by atoms with Crippen molar-refractivity contribution in [2.75, 3.05) is 51.3 Å². The summed E-state index contributed by atoms with van der Waals surface area (Å²) in [5.74, 6) is 0.931. The molecule has 196 valence electrons. The number of carbonyl (C=O) groups is 1. The van der Waals surface area contributed by atoms with E-state index in [9.17, 15) is 4.79 Å². The van der Waals surface area contributed by atoms with Crippen LogP contribution in [0.25, 0.3) is 10.9 Å². The molecule has 1 saturated heterocycles. The first kappa shape index (κ1) is 25.8. The van der Waals surface area contributed by atoms with Crippen molar-refractivity contribution in [1.82, 2.24) is 9.88 Å². The quantitative estimate of drug-likeness (QED) is 0.266. The van der Waals surface area contributed by atoms with Crippen molar-refractivity contribution < 1.29 is 19.0 Å². The second-order valence-corrected chi connectivity index (χ2v) is 9.54. The van der Waals surface area contributed by atoms with Gasteiger partial charge in [-0.15, -0.1) is 0 Å². The smallest absolute Gasteiger partial charge is 0.357 e. The van der Waals surface area contributed by atoms with Crippen LogP contribution in [0.15, 0.2) is 78.9 Å². The molecular formula is C30H30ClN3O4. The lowest BCUT2D eigenvalue weighted by Gasteiger charge is -2.36. The fourth-order valence-corrected chi connectivity index (χ4v) is 4.66. The van der Waals surface area contributed by atoms with E-state index >= 15 is 0 Å². The second-order valence-electron chi connectivity index (χ2n) is 9.10. The standard InChI is InChI=1S/C30H30ClN3O4/c1-36-25-10-8-24(9-11-25)34-15-13-33(14-16-34)17-18-37-30(35)28-20-29(38-21-22-5-3-2-4-6-22)26-19-23(31)7-12-27(26)32-28/h2-12,19-20H,13-18,21H2,1H3. The molecule has 1 aromatic heterocycles. The third-order valence-electron chi connectivity index (χ3n) is 6.63. The molecule has 0 saturated carbocycles. The zero-order valence-electron chi connectivity index (χ0n) is 21.3. The zero-order valence-corrected chi connectivity index (χ0v) is 22.1. The van der Waals surface area contributed by atoms with E-state index in [0.717, 1.165) is 42.9 Å². The number of ether oxygens (including phenoxy) is 3. The Labute approximate surface area is 227 Å². The van der Waals surface area contributed by atoms with Crippen molar-refractivity contribution in [3.63, 3.8) is 0 Å². The Kier molecular flexibility index (Phi) is 8.26. The van der Waals surface area contributed by atoms with Crippen LogP contribution in [-0.4, -0.2) is 62.3 Å². The summed E-state index contributed by atoms with van der Waals surface area (Å²) in [6.07, 6.45) is 0. The molecule has 0 spiro atoms. The van der Waals surface area contributed by atoms with Crippen LogP contribution in [0.1, 0.15) is 16.1 Å². The molecule has 7 nitrogen and oxygen atoms in total. The van der Waals surface area contributed by atoms with Crippen molar-refractivity contribution in [3.8, 4) is 11.5 Å². The minimum atomic E-state index is -0.469. The van der Waals surface area contributed by atoms with Gasteiger partial charge < -0.3 is 19.1 Å². The first-order valence-electron chi connectivity index (χ1n) is 12.6. The van der Waals surface area contributed by atoms with Gasteiger partial charge in [0.1, 0.15) is 24.7 Å². The van der Waals surface area contributed by atoms with E-state index in [2.05, 4.69) is 26.9 Å². The highest BCUT2D eigenvalue weighted by Gasteiger charge is 2.19. The largest absolute Gasteiger partial charge is 0.497 e. The molecule has 3 aromatic carbocycles. The van der Waals surface area contributed by atoms with E-state index in [1.807, 2.05) is 42.5 Å². The maximum atomic E-state index is 12.9. The number of hydrogen-bond acceptors (Lipinski definition) is 7. The lowest BCUT2D eigenvalue weighted by atomic mass is 10.1. The van der Waals surface area contributed by atoms with Crippen molar-refractivity contribution in [2.24, 2.45) is 0 Å². The molecule has 0 amide bonds. The summed E-state index contributed by atoms with van der Waals surface area (Å²) >= 11 is 6.22. The number of anilines is 1. The van der Waals surface area contributed by atoms with E-state index in [-0.39, 0.29) is 5.69 Å². The lowest BCUT2D eigenvalue weighted by molar-refractivity contribution is 0.0452. The number of piperazine rings is 1. The highest BCUT2D eigenvalue weighted by atomic mass is 35.5. The van der Waals surface area contributed by atoms with E-state index in [4.69, 9.17) is 25.8 Å². The molecular weight excluding hydrogens is 502 g/mol. The Morgan fingerprint density at radius 2 is 1.71 bits per heavy atom. The molecule has 1 aliphatic heterocycles. The normalized spacial score (nSPS) is 13.9. The van der Waals surface area contributed by atoms with Crippen LogP contribution in [0, 0.1) is 0 Å². The van der Waals surface area contributed by atoms with Crippen LogP contribution in [0.2, 0.25) is 5.02 Å². The topological polar surface area (TPSA) is 64.1 Å². The maximum absolute atomic E-state index is 12.9. The average Bonchev–Trinajstić information content (AvgIpc) is 2.97. The van der Waals surface area contributed by atoms with Crippen LogP contribution < -0.4 is 14.4 Å². The Hall–Kier alpha value is -3.81. The van der Waals surface area contributed by atoms with Crippen molar-refractivity contribution in [3.05, 3.63) is 95.1 Å². The van der Waals surface area contributed by atoms with Gasteiger partial charge in [-0.1, -0.05) is 41.9 Å². The minimum Gasteiger partial charge on any atom is -0.497 e. The number of esters is 1. The van der Waals surface area contributed by atoms with Gasteiger partial charge in [0.25, 0.3) is 0 Å². The van der Waals surface area contributed by atoms with Crippen molar-refractivity contribution >= 4 is 34.2 Å². The Balaban J connectivity index is 1.17. The molecule has 0 radical (unpaired) electrons. The first-order valence-corrected chi connectivity index (χ1v) is 13.0. The Morgan fingerprint density at radius 1 is 0.947 bits per heavy atom. The number of hydrogen-bond donors (Lipinski definition) is 0. The highest BCUT2D eigenvalue weighted by molar-refractivity contribution is 6.31. The predicted molar refractivity (Wildman–Crippen MR) is 149 cm³/mol. The van der Waals surface area contributed by atoms with E-state index in [1.165, 1.54) is 5.69 Å². The van der Waals surface area contributed by atoms with Crippen LogP contribution in [-0.2, 0) is 11.3 Å². The predicted octanol–water partition coefficient (Wildman–Crippen LogP) is 5.45. The number of fused-ring (bicyclic) bond motifs is 1. The fourth-order valence-electron chi connectivity index (χ4n) is 4.49. The van der Waals surface area contributed by atoms with Gasteiger partial charge in [-0.05, 0) is 48.0 Å². The number of aromatic nitrogens is 1. The fraction of sp³-hybridized carbons (Fsp3) is 0.267. The summed E-state index contributed by atoms with van der Waals surface area (Å²) in [6.45, 7) is 4.95. The number of rotatable bonds is 9. The maximum Gasteiger partial charge on any atom is 0.357 e. The van der Waals surface area contributed by atoms with Crippen LogP contribution in [0.4, 0.5) is 5.69 Å². The van der Waals surface area contributed by atoms with Gasteiger partial charge in [0.05, 0.1) is 12.6 Å². The third-order valence-corrected chi connectivity index (χ3v) is 6.86. The highest BCUT2D eigenvalue weighted by Crippen LogP contribution is 2.29. The summed E-state index contributed by atoms with van der Waals surface area (Å²) in [7, 11) is 1.67. The van der Waals surface area contributed by atoms with Crippen LogP contribution in [0.3, 0.4) is 0 Å². The van der Waals surface area contributed by atoms with Gasteiger partial charge in [0.2, 0.25) is 0 Å². The van der Waals surface area contributed by atoms with Gasteiger partial charge in [-0.2, -0.15) is 0 Å². The average molecular weight is 532 g/mol. The summed E-state index contributed by atoms with van der Waals surface area (Å²) in [6, 6.07) is 24.9. The number of methoxy groups -OCH3 is 1. The molecule has 0 unspecified atom stereocenters. The SMILES string of the molecule is COc1ccc(N2CCN(CCOC(=O)c3cc(OCc4ccccc4)c4cc(Cl)ccc4n3)CC2)cc1. The monoisotopic (exact) mass is 531 g/mol. The minimum absolute atomic E-state index is 0.215. The number of carbonyl (C=O) groups excluding carboxylic acids is 1. The van der Waals surface area contributed by atoms with Gasteiger partial charge in [0.15, 0.2) is 5.69 Å². The van der Waals surface area contributed by atoms with Gasteiger partial charge in [0, 0.05) is 54.9 Å². The van der Waals surface area contributed by atoms with E-state index < -0.39 is 5.97 Å². The molecule has 5 rings (SSSR count). The second kappa shape index (κ2) is 12.2. The molecule has 1 aliphatic rings. The third kappa shape index (κ3) is 6.36. The number of nitrogens with zero attached hydrogens (tertiary/aromatic N) is 3. The summed E-state index contributed by atoms with van der Waals surface area (Å²) in [5.41, 5.74) is 3.05. The Morgan fingerprint density at radius 3 is 2.45 bits per heavy atom.